The molecule has 2 aromatic carbocycles. The number of ether oxygens (including phenoxy) is 1. The molecule has 0 spiro atoms. The van der Waals surface area contributed by atoms with Crippen LogP contribution < -0.4 is 4.74 Å². The largest absolute Gasteiger partial charge is 0.435 e. The molecule has 0 bridgehead atoms. The SMILES string of the molecule is CC(Sc1nnc(-c2ccc(OC(F)F)cc2)o1)C(=O)c1ccccc1. The van der Waals surface area contributed by atoms with Gasteiger partial charge < -0.3 is 9.15 Å². The van der Waals surface area contributed by atoms with Crippen LogP contribution in [0.3, 0.4) is 0 Å². The second kappa shape index (κ2) is 8.09. The summed E-state index contributed by atoms with van der Waals surface area (Å²) in [4.78, 5) is 12.4. The predicted molar refractivity (Wildman–Crippen MR) is 92.5 cm³/mol. The highest BCUT2D eigenvalue weighted by atomic mass is 32.2. The van der Waals surface area contributed by atoms with E-state index in [-0.39, 0.29) is 22.6 Å². The number of thioether (sulfide) groups is 1. The molecule has 0 N–H and O–H groups in total. The van der Waals surface area contributed by atoms with Gasteiger partial charge >= 0.3 is 6.61 Å². The van der Waals surface area contributed by atoms with Crippen molar-refractivity contribution >= 4 is 17.5 Å². The molecular weight excluding hydrogens is 362 g/mol. The molecule has 134 valence electrons. The number of hydrogen-bond acceptors (Lipinski definition) is 6. The third-order valence-electron chi connectivity index (χ3n) is 3.44. The molecule has 5 nitrogen and oxygen atoms in total. The molecule has 0 aliphatic heterocycles. The summed E-state index contributed by atoms with van der Waals surface area (Å²) in [6.07, 6.45) is 0. The van der Waals surface area contributed by atoms with Crippen molar-refractivity contribution in [2.45, 2.75) is 24.0 Å². The molecule has 1 aromatic heterocycles. The number of hydrogen-bond donors (Lipinski definition) is 0. The van der Waals surface area contributed by atoms with E-state index in [1.165, 1.54) is 24.3 Å². The predicted octanol–water partition coefficient (Wildman–Crippen LogP) is 4.70. The Kier molecular flexibility index (Phi) is 5.62. The highest BCUT2D eigenvalue weighted by Gasteiger charge is 2.20. The lowest BCUT2D eigenvalue weighted by Gasteiger charge is -2.07. The van der Waals surface area contributed by atoms with E-state index >= 15 is 0 Å². The first kappa shape index (κ1) is 18.1. The molecule has 0 saturated heterocycles. The Balaban J connectivity index is 1.67. The van der Waals surface area contributed by atoms with Crippen molar-refractivity contribution in [1.82, 2.24) is 10.2 Å². The molecule has 0 fully saturated rings. The van der Waals surface area contributed by atoms with Gasteiger partial charge in [0.05, 0.1) is 5.25 Å². The molecule has 8 heteroatoms. The van der Waals surface area contributed by atoms with Crippen LogP contribution in [0.4, 0.5) is 8.78 Å². The molecule has 0 amide bonds. The van der Waals surface area contributed by atoms with Crippen LogP contribution >= 0.6 is 11.8 Å². The smallest absolute Gasteiger partial charge is 0.387 e. The van der Waals surface area contributed by atoms with Crippen LogP contribution in [-0.2, 0) is 0 Å². The number of alkyl halides is 2. The minimum atomic E-state index is -2.88. The van der Waals surface area contributed by atoms with Crippen LogP contribution in [0.5, 0.6) is 5.75 Å². The van der Waals surface area contributed by atoms with Gasteiger partial charge in [-0.1, -0.05) is 42.1 Å². The summed E-state index contributed by atoms with van der Waals surface area (Å²) in [6.45, 7) is -1.11. The molecule has 1 unspecified atom stereocenters. The molecule has 1 heterocycles. The Bertz CT molecular complexity index is 870. The van der Waals surface area contributed by atoms with Crippen molar-refractivity contribution in [1.29, 1.82) is 0 Å². The summed E-state index contributed by atoms with van der Waals surface area (Å²) in [5.41, 5.74) is 1.18. The van der Waals surface area contributed by atoms with Crippen molar-refractivity contribution in [3.63, 3.8) is 0 Å². The maximum Gasteiger partial charge on any atom is 0.387 e. The number of halogens is 2. The summed E-state index contributed by atoms with van der Waals surface area (Å²) in [6, 6.07) is 14.8. The minimum absolute atomic E-state index is 0.0381. The van der Waals surface area contributed by atoms with E-state index in [4.69, 9.17) is 4.42 Å². The zero-order valence-corrected chi connectivity index (χ0v) is 14.5. The van der Waals surface area contributed by atoms with Gasteiger partial charge in [-0.3, -0.25) is 4.79 Å². The third-order valence-corrected chi connectivity index (χ3v) is 4.37. The quantitative estimate of drug-likeness (QED) is 0.440. The first-order chi connectivity index (χ1) is 12.5. The normalized spacial score (nSPS) is 12.2. The number of carbonyl (C=O) groups is 1. The number of rotatable bonds is 7. The zero-order valence-electron chi connectivity index (χ0n) is 13.6. The summed E-state index contributed by atoms with van der Waals surface area (Å²) < 4.78 is 34.2. The highest BCUT2D eigenvalue weighted by Crippen LogP contribution is 2.28. The van der Waals surface area contributed by atoms with Gasteiger partial charge in [0.25, 0.3) is 5.22 Å². The van der Waals surface area contributed by atoms with E-state index in [2.05, 4.69) is 14.9 Å². The lowest BCUT2D eigenvalue weighted by molar-refractivity contribution is -0.0498. The van der Waals surface area contributed by atoms with Gasteiger partial charge in [-0.05, 0) is 31.2 Å². The van der Waals surface area contributed by atoms with Gasteiger partial charge in [0.1, 0.15) is 5.75 Å². The maximum atomic E-state index is 12.4. The van der Waals surface area contributed by atoms with Gasteiger partial charge in [0, 0.05) is 11.1 Å². The van der Waals surface area contributed by atoms with Gasteiger partial charge in [-0.15, -0.1) is 10.2 Å². The highest BCUT2D eigenvalue weighted by molar-refractivity contribution is 8.00. The summed E-state index contributed by atoms with van der Waals surface area (Å²) in [7, 11) is 0. The summed E-state index contributed by atoms with van der Waals surface area (Å²) in [5, 5.41) is 7.71. The molecule has 3 rings (SSSR count). The van der Waals surface area contributed by atoms with Crippen LogP contribution in [0, 0.1) is 0 Å². The van der Waals surface area contributed by atoms with Crippen LogP contribution in [0.25, 0.3) is 11.5 Å². The maximum absolute atomic E-state index is 12.4. The van der Waals surface area contributed by atoms with E-state index in [9.17, 15) is 13.6 Å². The Labute approximate surface area is 152 Å². The van der Waals surface area contributed by atoms with E-state index in [1.807, 2.05) is 6.07 Å². The van der Waals surface area contributed by atoms with Crippen molar-refractivity contribution in [3.8, 4) is 17.2 Å². The lowest BCUT2D eigenvalue weighted by atomic mass is 10.1. The van der Waals surface area contributed by atoms with E-state index in [0.29, 0.717) is 11.1 Å². The number of Topliss-reactive ketones (excluding diaryl/α,β-unsaturated/α-hetero) is 1. The molecule has 26 heavy (non-hydrogen) atoms. The first-order valence-electron chi connectivity index (χ1n) is 7.67. The fraction of sp³-hybridized carbons (Fsp3) is 0.167. The van der Waals surface area contributed by atoms with Crippen LogP contribution in [0.1, 0.15) is 17.3 Å². The van der Waals surface area contributed by atoms with Gasteiger partial charge in [0.2, 0.25) is 5.89 Å². The van der Waals surface area contributed by atoms with Crippen molar-refractivity contribution in [2.24, 2.45) is 0 Å². The number of nitrogens with zero attached hydrogens (tertiary/aromatic N) is 2. The summed E-state index contributed by atoms with van der Waals surface area (Å²) >= 11 is 1.16. The molecule has 0 radical (unpaired) electrons. The first-order valence-corrected chi connectivity index (χ1v) is 8.55. The van der Waals surface area contributed by atoms with Crippen molar-refractivity contribution < 1.29 is 22.7 Å². The average Bonchev–Trinajstić information content (AvgIpc) is 3.10. The monoisotopic (exact) mass is 376 g/mol. The van der Waals surface area contributed by atoms with Crippen molar-refractivity contribution in [2.75, 3.05) is 0 Å². The van der Waals surface area contributed by atoms with E-state index in [0.717, 1.165) is 11.8 Å². The number of ketones is 1. The van der Waals surface area contributed by atoms with Gasteiger partial charge in [-0.25, -0.2) is 0 Å². The number of aromatic nitrogens is 2. The second-order valence-electron chi connectivity index (χ2n) is 5.27. The molecule has 1 atom stereocenters. The molecule has 3 aromatic rings. The second-order valence-corrected chi connectivity index (χ2v) is 6.56. The fourth-order valence-corrected chi connectivity index (χ4v) is 2.96. The summed E-state index contributed by atoms with van der Waals surface area (Å²) in [5.74, 6) is 0.235. The molecule has 0 aliphatic rings. The topological polar surface area (TPSA) is 65.2 Å². The third kappa shape index (κ3) is 4.45. The minimum Gasteiger partial charge on any atom is -0.435 e. The standard InChI is InChI=1S/C18H14F2N2O3S/c1-11(15(23)12-5-3-2-4-6-12)26-18-22-21-16(25-18)13-7-9-14(10-8-13)24-17(19)20/h2-11,17H,1H3. The van der Waals surface area contributed by atoms with Crippen LogP contribution in [0.2, 0.25) is 0 Å². The Morgan fingerprint density at radius 3 is 2.42 bits per heavy atom. The van der Waals surface area contributed by atoms with Crippen molar-refractivity contribution in [3.05, 3.63) is 60.2 Å². The number of carbonyl (C=O) groups excluding carboxylic acids is 1. The average molecular weight is 376 g/mol. The van der Waals surface area contributed by atoms with Crippen LogP contribution in [0.15, 0.2) is 64.2 Å². The van der Waals surface area contributed by atoms with E-state index < -0.39 is 11.9 Å². The lowest BCUT2D eigenvalue weighted by Crippen LogP contribution is -2.13. The van der Waals surface area contributed by atoms with E-state index in [1.54, 1.807) is 31.2 Å². The Morgan fingerprint density at radius 1 is 1.08 bits per heavy atom. The number of benzene rings is 2. The van der Waals surface area contributed by atoms with Crippen LogP contribution in [-0.4, -0.2) is 27.8 Å². The molecule has 0 saturated carbocycles. The fourth-order valence-electron chi connectivity index (χ4n) is 2.19. The zero-order chi connectivity index (χ0) is 18.5. The Hall–Kier alpha value is -2.74. The van der Waals surface area contributed by atoms with Gasteiger partial charge in [-0.2, -0.15) is 8.78 Å². The van der Waals surface area contributed by atoms with Gasteiger partial charge in [0.15, 0.2) is 5.78 Å². The molecular formula is C18H14F2N2O3S. The Morgan fingerprint density at radius 2 is 1.77 bits per heavy atom. The molecule has 0 aliphatic carbocycles.